The molecule has 0 saturated carbocycles. The van der Waals surface area contributed by atoms with Crippen LogP contribution in [0.3, 0.4) is 0 Å². The number of rotatable bonds is 7. The van der Waals surface area contributed by atoms with Crippen molar-refractivity contribution in [3.05, 3.63) is 99.7 Å². The lowest BCUT2D eigenvalue weighted by molar-refractivity contribution is -0.192. The molecule has 43 heavy (non-hydrogen) atoms. The zero-order valence-corrected chi connectivity index (χ0v) is 23.4. The van der Waals surface area contributed by atoms with Gasteiger partial charge in [-0.15, -0.1) is 0 Å². The van der Waals surface area contributed by atoms with Crippen LogP contribution < -0.4 is 20.4 Å². The number of nitrogens with zero attached hydrogens (tertiary/aromatic N) is 1. The van der Waals surface area contributed by atoms with E-state index in [0.717, 1.165) is 16.9 Å². The van der Waals surface area contributed by atoms with E-state index in [1.54, 1.807) is 24.3 Å². The van der Waals surface area contributed by atoms with Gasteiger partial charge in [-0.05, 0) is 56.7 Å². The normalized spacial score (nSPS) is 14.6. The van der Waals surface area contributed by atoms with Crippen molar-refractivity contribution in [2.45, 2.75) is 38.6 Å². The number of carboxylic acid groups (broad SMARTS) is 2. The Labute approximate surface area is 244 Å². The first-order valence-electron chi connectivity index (χ1n) is 13.1. The molecule has 9 nitrogen and oxygen atoms in total. The van der Waals surface area contributed by atoms with Crippen molar-refractivity contribution in [1.82, 2.24) is 0 Å². The fraction of sp³-hybridized carbons (Fsp3) is 0.258. The van der Waals surface area contributed by atoms with Crippen molar-refractivity contribution in [1.29, 1.82) is 0 Å². The van der Waals surface area contributed by atoms with Crippen LogP contribution in [0.1, 0.15) is 41.4 Å². The maximum absolute atomic E-state index is 13.1. The molecule has 0 spiro atoms. The highest BCUT2D eigenvalue weighted by Gasteiger charge is 2.42. The zero-order chi connectivity index (χ0) is 31.5. The number of para-hydroxylation sites is 2. The molecule has 1 fully saturated rings. The van der Waals surface area contributed by atoms with Crippen molar-refractivity contribution < 1.29 is 42.1 Å². The fourth-order valence-corrected chi connectivity index (χ4v) is 4.76. The number of halogens is 3. The minimum Gasteiger partial charge on any atom is -0.484 e. The summed E-state index contributed by atoms with van der Waals surface area (Å²) in [6, 6.07) is 21.4. The number of ether oxygens (including phenoxy) is 1. The Bertz CT molecular complexity index is 1700. The Morgan fingerprint density at radius 2 is 1.63 bits per heavy atom. The molecule has 1 aromatic heterocycles. The molecule has 1 unspecified atom stereocenters. The fourth-order valence-electron chi connectivity index (χ4n) is 4.76. The predicted molar refractivity (Wildman–Crippen MR) is 154 cm³/mol. The monoisotopic (exact) mass is 598 g/mol. The van der Waals surface area contributed by atoms with Crippen molar-refractivity contribution in [3.8, 4) is 5.75 Å². The predicted octanol–water partition coefficient (Wildman–Crippen LogP) is 6.26. The van der Waals surface area contributed by atoms with Gasteiger partial charge in [-0.1, -0.05) is 36.4 Å². The van der Waals surface area contributed by atoms with E-state index in [1.807, 2.05) is 68.1 Å². The van der Waals surface area contributed by atoms with Crippen molar-refractivity contribution in [2.24, 2.45) is 0 Å². The Kier molecular flexibility index (Phi) is 8.70. The van der Waals surface area contributed by atoms with E-state index in [4.69, 9.17) is 19.1 Å². The number of hydrogen-bond donors (Lipinski definition) is 3. The molecule has 1 aliphatic heterocycles. The van der Waals surface area contributed by atoms with E-state index in [9.17, 15) is 27.9 Å². The van der Waals surface area contributed by atoms with Gasteiger partial charge in [-0.2, -0.15) is 13.2 Å². The summed E-state index contributed by atoms with van der Waals surface area (Å²) in [5, 5.41) is 20.5. The zero-order valence-electron chi connectivity index (χ0n) is 23.4. The van der Waals surface area contributed by atoms with Crippen molar-refractivity contribution in [3.63, 3.8) is 0 Å². The summed E-state index contributed by atoms with van der Waals surface area (Å²) in [6.07, 6.45) is -5.08. The summed E-state index contributed by atoms with van der Waals surface area (Å²) in [6.45, 7) is 7.05. The van der Waals surface area contributed by atoms with E-state index < -0.39 is 18.1 Å². The van der Waals surface area contributed by atoms with Gasteiger partial charge in [0.05, 0.1) is 30.1 Å². The first-order chi connectivity index (χ1) is 20.2. The van der Waals surface area contributed by atoms with E-state index >= 15 is 0 Å². The summed E-state index contributed by atoms with van der Waals surface area (Å²) in [7, 11) is 0. The quantitative estimate of drug-likeness (QED) is 0.226. The van der Waals surface area contributed by atoms with Crippen LogP contribution in [0, 0.1) is 6.92 Å². The number of carbonyl (C=O) groups is 2. The van der Waals surface area contributed by atoms with Gasteiger partial charge in [0.25, 0.3) is 0 Å². The Morgan fingerprint density at radius 1 is 1.02 bits per heavy atom. The average molecular weight is 599 g/mol. The lowest BCUT2D eigenvalue weighted by atomic mass is 9.96. The van der Waals surface area contributed by atoms with Crippen LogP contribution in [-0.2, 0) is 4.79 Å². The second kappa shape index (κ2) is 12.1. The maximum Gasteiger partial charge on any atom is 0.490 e. The van der Waals surface area contributed by atoms with Gasteiger partial charge >= 0.3 is 18.1 Å². The van der Waals surface area contributed by atoms with Crippen LogP contribution in [0.25, 0.3) is 11.0 Å². The summed E-state index contributed by atoms with van der Waals surface area (Å²) < 4.78 is 44.2. The lowest BCUT2D eigenvalue weighted by Gasteiger charge is -2.47. The molecule has 3 N–H and O–H groups in total. The Morgan fingerprint density at radius 3 is 2.23 bits per heavy atom. The molecule has 1 saturated heterocycles. The minimum absolute atomic E-state index is 0.119. The minimum atomic E-state index is -5.08. The van der Waals surface area contributed by atoms with Gasteiger partial charge in [0, 0.05) is 17.3 Å². The number of benzene rings is 3. The molecule has 0 radical (unpaired) electrons. The molecule has 0 amide bonds. The average Bonchev–Trinajstić information content (AvgIpc) is 2.92. The van der Waals surface area contributed by atoms with Crippen molar-refractivity contribution in [2.75, 3.05) is 23.3 Å². The van der Waals surface area contributed by atoms with E-state index in [-0.39, 0.29) is 22.6 Å². The Hall–Kier alpha value is -5.00. The van der Waals surface area contributed by atoms with Crippen LogP contribution in [0.4, 0.5) is 24.7 Å². The number of anilines is 2. The number of hydrogen-bond acceptors (Lipinski definition) is 7. The number of aliphatic carboxylic acids is 1. The number of alkyl halides is 3. The maximum atomic E-state index is 13.1. The van der Waals surface area contributed by atoms with E-state index in [0.29, 0.717) is 35.6 Å². The molecule has 226 valence electrons. The van der Waals surface area contributed by atoms with Crippen LogP contribution in [-0.4, -0.2) is 47.0 Å². The second-order valence-corrected chi connectivity index (χ2v) is 10.4. The molecule has 12 heteroatoms. The number of carboxylic acids is 2. The third kappa shape index (κ3) is 7.26. The van der Waals surface area contributed by atoms with Crippen molar-refractivity contribution >= 4 is 34.5 Å². The highest BCUT2D eigenvalue weighted by molar-refractivity contribution is 5.94. The van der Waals surface area contributed by atoms with Gasteiger partial charge in [-0.3, -0.25) is 4.79 Å². The molecule has 2 heterocycles. The van der Waals surface area contributed by atoms with Gasteiger partial charge in [0.2, 0.25) is 0 Å². The molecule has 3 aromatic carbocycles. The van der Waals surface area contributed by atoms with E-state index in [2.05, 4.69) is 5.32 Å². The summed E-state index contributed by atoms with van der Waals surface area (Å²) in [5.74, 6) is -2.47. The molecule has 0 aliphatic carbocycles. The first-order valence-corrected chi connectivity index (χ1v) is 13.1. The van der Waals surface area contributed by atoms with Crippen LogP contribution >= 0.6 is 0 Å². The number of nitrogens with one attached hydrogen (secondary N) is 1. The van der Waals surface area contributed by atoms with Gasteiger partial charge in [0.15, 0.2) is 11.3 Å². The third-order valence-electron chi connectivity index (χ3n) is 6.70. The van der Waals surface area contributed by atoms with E-state index in [1.165, 1.54) is 6.07 Å². The molecule has 1 atom stereocenters. The summed E-state index contributed by atoms with van der Waals surface area (Å²) in [5.41, 5.74) is 2.38. The SMILES string of the molecule is Cc1cc(C(C)Nc2ccccc2C(=O)O)c2oc(N3CC(C)(Oc4ccccc4)C3)cc(=O)c2c1.O=C(O)C(F)(F)F. The lowest BCUT2D eigenvalue weighted by Crippen LogP contribution is -2.63. The summed E-state index contributed by atoms with van der Waals surface area (Å²) in [4.78, 5) is 35.7. The number of aryl methyl sites for hydroxylation is 1. The van der Waals surface area contributed by atoms with Gasteiger partial charge < -0.3 is 29.6 Å². The smallest absolute Gasteiger partial charge is 0.484 e. The molecular weight excluding hydrogens is 569 g/mol. The number of aromatic carboxylic acids is 1. The molecule has 4 aromatic rings. The molecule has 1 aliphatic rings. The standard InChI is InChI=1S/C29H28N2O5.C2HF3O2/c1-18-13-22(19(2)30-24-12-8-7-11-21(24)28(33)34)27-23(14-18)25(32)15-26(35-27)31-16-29(3,17-31)36-20-9-5-4-6-10-20;3-2(4,5)1(6)7/h4-15,19,30H,16-17H2,1-3H3,(H,33,34);(H,6,7). The largest absolute Gasteiger partial charge is 0.490 e. The second-order valence-electron chi connectivity index (χ2n) is 10.4. The van der Waals surface area contributed by atoms with Crippen LogP contribution in [0.2, 0.25) is 0 Å². The Balaban J connectivity index is 0.000000541. The topological polar surface area (TPSA) is 129 Å². The highest BCUT2D eigenvalue weighted by Crippen LogP contribution is 2.35. The molecule has 5 rings (SSSR count). The van der Waals surface area contributed by atoms with Gasteiger partial charge in [0.1, 0.15) is 16.9 Å². The first kappa shape index (κ1) is 30.9. The number of fused-ring (bicyclic) bond motifs is 1. The molecular formula is C31H29F3N2O7. The summed E-state index contributed by atoms with van der Waals surface area (Å²) >= 11 is 0. The molecule has 0 bridgehead atoms. The third-order valence-corrected chi connectivity index (χ3v) is 6.70. The van der Waals surface area contributed by atoms with Gasteiger partial charge in [-0.25, -0.2) is 9.59 Å². The highest BCUT2D eigenvalue weighted by atomic mass is 19.4. The van der Waals surface area contributed by atoms with Crippen LogP contribution in [0.5, 0.6) is 5.75 Å². The van der Waals surface area contributed by atoms with Crippen LogP contribution in [0.15, 0.2) is 82.0 Å².